The number of nitrogens with zero attached hydrogens (tertiary/aromatic N) is 1. The molecule has 0 bridgehead atoms. The number of rotatable bonds is 2. The van der Waals surface area contributed by atoms with Crippen molar-refractivity contribution in [2.45, 2.75) is 26.9 Å². The minimum Gasteiger partial charge on any atom is -0.246 e. The maximum Gasteiger partial charge on any atom is 0.149 e. The minimum atomic E-state index is -1.62. The Morgan fingerprint density at radius 3 is 2.58 bits per heavy atom. The van der Waals surface area contributed by atoms with Crippen LogP contribution >= 0.6 is 22.7 Å². The van der Waals surface area contributed by atoms with E-state index in [-0.39, 0.29) is 0 Å². The number of hydrogen-bond donors (Lipinski definition) is 0. The quantitative estimate of drug-likeness (QED) is 0.656. The van der Waals surface area contributed by atoms with E-state index in [1.54, 1.807) is 0 Å². The van der Waals surface area contributed by atoms with Crippen LogP contribution in [0.2, 0.25) is 13.1 Å². The Morgan fingerprint density at radius 1 is 1.16 bits per heavy atom. The summed E-state index contributed by atoms with van der Waals surface area (Å²) in [6.45, 7) is 9.16. The summed E-state index contributed by atoms with van der Waals surface area (Å²) in [5.41, 5.74) is 2.50. The van der Waals surface area contributed by atoms with Crippen molar-refractivity contribution in [1.29, 1.82) is 0 Å². The second-order valence-electron chi connectivity index (χ2n) is 5.51. The Balaban J connectivity index is 2.15. The van der Waals surface area contributed by atoms with Crippen LogP contribution in [0.5, 0.6) is 0 Å². The van der Waals surface area contributed by atoms with Crippen LogP contribution in [-0.2, 0) is 0 Å². The summed E-state index contributed by atoms with van der Waals surface area (Å²) in [4.78, 5) is 6.31. The molecule has 0 atom stereocenters. The molecule has 2 heterocycles. The molecule has 0 unspecified atom stereocenters. The number of benzene rings is 1. The van der Waals surface area contributed by atoms with E-state index in [0.717, 1.165) is 5.52 Å². The molecule has 19 heavy (non-hydrogen) atoms. The van der Waals surface area contributed by atoms with Crippen molar-refractivity contribution in [3.8, 4) is 0 Å². The van der Waals surface area contributed by atoms with E-state index in [4.69, 9.17) is 4.98 Å². The lowest BCUT2D eigenvalue weighted by molar-refractivity contribution is 1.49. The van der Waals surface area contributed by atoms with E-state index >= 15 is 0 Å². The smallest absolute Gasteiger partial charge is 0.149 e. The SMILES string of the molecule is Cc1cc([Si](C)(C)c2nc3cccc(C)c3s2)cs1. The van der Waals surface area contributed by atoms with Gasteiger partial charge < -0.3 is 0 Å². The fourth-order valence-corrected chi connectivity index (χ4v) is 7.97. The highest BCUT2D eigenvalue weighted by Gasteiger charge is 2.30. The zero-order chi connectivity index (χ0) is 13.6. The number of aromatic nitrogens is 1. The zero-order valence-electron chi connectivity index (χ0n) is 11.7. The normalized spacial score (nSPS) is 12.2. The first-order valence-electron chi connectivity index (χ1n) is 6.41. The molecule has 4 heteroatoms. The molecule has 0 spiro atoms. The predicted octanol–water partition coefficient (Wildman–Crippen LogP) is 3.80. The van der Waals surface area contributed by atoms with E-state index in [9.17, 15) is 0 Å². The lowest BCUT2D eigenvalue weighted by atomic mass is 10.2. The zero-order valence-corrected chi connectivity index (χ0v) is 14.3. The largest absolute Gasteiger partial charge is 0.246 e. The minimum absolute atomic E-state index is 1.16. The summed E-state index contributed by atoms with van der Waals surface area (Å²) < 4.78 is 2.69. The molecule has 0 aliphatic rings. The predicted molar refractivity (Wildman–Crippen MR) is 90.2 cm³/mol. The second-order valence-corrected chi connectivity index (χ2v) is 12.3. The van der Waals surface area contributed by atoms with Gasteiger partial charge in [0, 0.05) is 4.88 Å². The van der Waals surface area contributed by atoms with E-state index in [1.807, 2.05) is 22.7 Å². The third-order valence-corrected chi connectivity index (χ3v) is 10.4. The molecule has 0 radical (unpaired) electrons. The second kappa shape index (κ2) is 4.54. The fraction of sp³-hybridized carbons (Fsp3) is 0.267. The van der Waals surface area contributed by atoms with Gasteiger partial charge in [0.2, 0.25) is 0 Å². The summed E-state index contributed by atoms with van der Waals surface area (Å²) in [6, 6.07) is 8.75. The Bertz CT molecular complexity index is 740. The van der Waals surface area contributed by atoms with Crippen molar-refractivity contribution in [1.82, 2.24) is 4.98 Å². The third-order valence-electron chi connectivity index (χ3n) is 3.60. The van der Waals surface area contributed by atoms with Gasteiger partial charge in [0.05, 0.1) is 14.8 Å². The summed E-state index contributed by atoms with van der Waals surface area (Å²) >= 11 is 3.74. The van der Waals surface area contributed by atoms with Crippen molar-refractivity contribution < 1.29 is 0 Å². The lowest BCUT2D eigenvalue weighted by Crippen LogP contribution is -2.52. The first kappa shape index (κ1) is 13.0. The van der Waals surface area contributed by atoms with E-state index in [1.165, 1.54) is 25.0 Å². The number of hydrogen-bond acceptors (Lipinski definition) is 3. The molecule has 0 amide bonds. The Kier molecular flexibility index (Phi) is 3.12. The van der Waals surface area contributed by atoms with Crippen LogP contribution in [0.4, 0.5) is 0 Å². The van der Waals surface area contributed by atoms with Crippen LogP contribution in [0.15, 0.2) is 29.6 Å². The molecule has 0 fully saturated rings. The highest BCUT2D eigenvalue weighted by atomic mass is 32.1. The van der Waals surface area contributed by atoms with E-state index in [0.29, 0.717) is 0 Å². The molecule has 3 aromatic rings. The van der Waals surface area contributed by atoms with Gasteiger partial charge in [-0.2, -0.15) is 0 Å². The van der Waals surface area contributed by atoms with Gasteiger partial charge in [0.1, 0.15) is 8.07 Å². The Labute approximate surface area is 123 Å². The Morgan fingerprint density at radius 2 is 1.95 bits per heavy atom. The molecule has 98 valence electrons. The maximum absolute atomic E-state index is 4.92. The van der Waals surface area contributed by atoms with Gasteiger partial charge in [-0.1, -0.05) is 25.2 Å². The molecule has 2 aromatic heterocycles. The molecule has 3 rings (SSSR count). The van der Waals surface area contributed by atoms with Crippen LogP contribution < -0.4 is 9.82 Å². The summed E-state index contributed by atoms with van der Waals surface area (Å²) in [6.07, 6.45) is 0. The molecular formula is C15H17NS2Si. The molecule has 0 saturated heterocycles. The average molecular weight is 304 g/mol. The first-order chi connectivity index (χ1) is 8.98. The highest BCUT2D eigenvalue weighted by Crippen LogP contribution is 2.23. The standard InChI is InChI=1S/C15H17NS2Si/c1-10-6-5-7-13-14(10)18-15(16-13)19(3,4)12-8-11(2)17-9-12/h5-9H,1-4H3. The van der Waals surface area contributed by atoms with Gasteiger partial charge in [-0.25, -0.2) is 4.98 Å². The molecule has 1 aromatic carbocycles. The summed E-state index contributed by atoms with van der Waals surface area (Å²) in [5, 5.41) is 3.83. The molecule has 0 aliphatic carbocycles. The number of aryl methyl sites for hydroxylation is 2. The number of thiazole rings is 1. The van der Waals surface area contributed by atoms with Gasteiger partial charge in [-0.05, 0) is 42.1 Å². The topological polar surface area (TPSA) is 12.9 Å². The monoisotopic (exact) mass is 303 g/mol. The van der Waals surface area contributed by atoms with Gasteiger partial charge in [0.25, 0.3) is 0 Å². The van der Waals surface area contributed by atoms with Crippen molar-refractivity contribution in [2.24, 2.45) is 0 Å². The number of fused-ring (bicyclic) bond motifs is 1. The lowest BCUT2D eigenvalue weighted by Gasteiger charge is -2.17. The van der Waals surface area contributed by atoms with Crippen LogP contribution in [0.25, 0.3) is 10.2 Å². The van der Waals surface area contributed by atoms with Gasteiger partial charge in [0.15, 0.2) is 0 Å². The van der Waals surface area contributed by atoms with Crippen molar-refractivity contribution >= 4 is 50.8 Å². The van der Waals surface area contributed by atoms with E-state index < -0.39 is 8.07 Å². The van der Waals surface area contributed by atoms with Crippen molar-refractivity contribution in [3.05, 3.63) is 40.1 Å². The number of thiophene rings is 1. The molecule has 0 N–H and O–H groups in total. The maximum atomic E-state index is 4.92. The van der Waals surface area contributed by atoms with Crippen LogP contribution in [0.3, 0.4) is 0 Å². The fourth-order valence-electron chi connectivity index (χ4n) is 2.25. The highest BCUT2D eigenvalue weighted by molar-refractivity contribution is 7.33. The summed E-state index contributed by atoms with van der Waals surface area (Å²) in [7, 11) is -1.62. The van der Waals surface area contributed by atoms with Crippen molar-refractivity contribution in [3.63, 3.8) is 0 Å². The molecule has 0 aliphatic heterocycles. The molecule has 0 saturated carbocycles. The average Bonchev–Trinajstić information content (AvgIpc) is 2.96. The third kappa shape index (κ3) is 2.18. The van der Waals surface area contributed by atoms with Gasteiger partial charge >= 0.3 is 0 Å². The summed E-state index contributed by atoms with van der Waals surface area (Å²) in [5.74, 6) is 0. The van der Waals surface area contributed by atoms with Crippen LogP contribution in [-0.4, -0.2) is 13.1 Å². The van der Waals surface area contributed by atoms with Gasteiger partial charge in [-0.15, -0.1) is 22.7 Å². The first-order valence-corrected chi connectivity index (χ1v) is 11.1. The van der Waals surface area contributed by atoms with E-state index in [2.05, 4.69) is 56.6 Å². The Hall–Kier alpha value is -0.973. The van der Waals surface area contributed by atoms with Crippen LogP contribution in [0, 0.1) is 13.8 Å². The molecular weight excluding hydrogens is 286 g/mol. The van der Waals surface area contributed by atoms with Crippen LogP contribution in [0.1, 0.15) is 10.4 Å². The molecule has 1 nitrogen and oxygen atoms in total. The van der Waals surface area contributed by atoms with Crippen molar-refractivity contribution in [2.75, 3.05) is 0 Å². The van der Waals surface area contributed by atoms with Gasteiger partial charge in [-0.3, -0.25) is 0 Å².